The largest absolute Gasteiger partial charge is 0.465 e. The van der Waals surface area contributed by atoms with Crippen molar-refractivity contribution in [2.45, 2.75) is 25.4 Å². The van der Waals surface area contributed by atoms with Crippen molar-refractivity contribution >= 4 is 17.5 Å². The van der Waals surface area contributed by atoms with Gasteiger partial charge in [-0.2, -0.15) is 0 Å². The van der Waals surface area contributed by atoms with Crippen LogP contribution < -0.4 is 10.6 Å². The van der Waals surface area contributed by atoms with Gasteiger partial charge >= 0.3 is 5.97 Å². The third kappa shape index (κ3) is 2.96. The molecule has 1 aromatic rings. The van der Waals surface area contributed by atoms with Crippen molar-refractivity contribution in [1.29, 1.82) is 0 Å². The standard InChI is InChI=1S/C13H19N3O3/c1-13(18)4-3-5-16(8-13)11-10(12(17)19-2)6-9(14)7-15-11/h6-7,18H,3-5,8,14H2,1-2H3. The average molecular weight is 265 g/mol. The van der Waals surface area contributed by atoms with E-state index in [4.69, 9.17) is 10.5 Å². The summed E-state index contributed by atoms with van der Waals surface area (Å²) in [6, 6.07) is 1.55. The SMILES string of the molecule is COC(=O)c1cc(N)cnc1N1CCCC(C)(O)C1. The lowest BCUT2D eigenvalue weighted by molar-refractivity contribution is 0.0442. The third-order valence-corrected chi connectivity index (χ3v) is 3.27. The topological polar surface area (TPSA) is 88.7 Å². The van der Waals surface area contributed by atoms with E-state index in [2.05, 4.69) is 4.98 Å². The molecule has 0 spiro atoms. The highest BCUT2D eigenvalue weighted by Crippen LogP contribution is 2.28. The van der Waals surface area contributed by atoms with Crippen LogP contribution in [0, 0.1) is 0 Å². The Balaban J connectivity index is 2.36. The smallest absolute Gasteiger partial charge is 0.341 e. The van der Waals surface area contributed by atoms with Gasteiger partial charge in [-0.1, -0.05) is 0 Å². The molecule has 1 atom stereocenters. The van der Waals surface area contributed by atoms with Crippen molar-refractivity contribution in [3.8, 4) is 0 Å². The summed E-state index contributed by atoms with van der Waals surface area (Å²) in [6.45, 7) is 2.97. The molecule has 0 bridgehead atoms. The third-order valence-electron chi connectivity index (χ3n) is 3.27. The predicted molar refractivity (Wildman–Crippen MR) is 72.1 cm³/mol. The van der Waals surface area contributed by atoms with Gasteiger partial charge in [-0.3, -0.25) is 0 Å². The number of anilines is 2. The number of aliphatic hydroxyl groups is 1. The van der Waals surface area contributed by atoms with E-state index in [0.717, 1.165) is 19.4 Å². The van der Waals surface area contributed by atoms with Gasteiger partial charge in [0.2, 0.25) is 0 Å². The van der Waals surface area contributed by atoms with Crippen LogP contribution in [0.2, 0.25) is 0 Å². The number of nitrogen functional groups attached to an aromatic ring is 1. The summed E-state index contributed by atoms with van der Waals surface area (Å²) in [5.74, 6) is 0.0426. The Hall–Kier alpha value is -1.82. The molecule has 0 aromatic carbocycles. The Kier molecular flexibility index (Phi) is 3.61. The number of esters is 1. The van der Waals surface area contributed by atoms with Crippen LogP contribution in [0.25, 0.3) is 0 Å². The van der Waals surface area contributed by atoms with Gasteiger partial charge in [-0.15, -0.1) is 0 Å². The minimum atomic E-state index is -0.769. The second kappa shape index (κ2) is 5.05. The Bertz CT molecular complexity index is 488. The molecule has 2 heterocycles. The Morgan fingerprint density at radius 3 is 3.00 bits per heavy atom. The fourth-order valence-electron chi connectivity index (χ4n) is 2.39. The number of methoxy groups -OCH3 is 1. The van der Waals surface area contributed by atoms with Gasteiger partial charge in [0.1, 0.15) is 11.4 Å². The predicted octanol–water partition coefficient (Wildman–Crippen LogP) is 0.802. The number of carbonyl (C=O) groups excluding carboxylic acids is 1. The highest BCUT2D eigenvalue weighted by molar-refractivity contribution is 5.95. The lowest BCUT2D eigenvalue weighted by atomic mass is 9.95. The van der Waals surface area contributed by atoms with Crippen molar-refractivity contribution < 1.29 is 14.6 Å². The van der Waals surface area contributed by atoms with Crippen LogP contribution >= 0.6 is 0 Å². The summed E-state index contributed by atoms with van der Waals surface area (Å²) in [6.07, 6.45) is 3.09. The second-order valence-corrected chi connectivity index (χ2v) is 5.15. The Labute approximate surface area is 112 Å². The quantitative estimate of drug-likeness (QED) is 0.769. The highest BCUT2D eigenvalue weighted by Gasteiger charge is 2.31. The normalized spacial score (nSPS) is 23.2. The molecule has 3 N–H and O–H groups in total. The molecule has 6 heteroatoms. The number of carbonyl (C=O) groups is 1. The Morgan fingerprint density at radius 2 is 2.37 bits per heavy atom. The van der Waals surface area contributed by atoms with E-state index in [1.165, 1.54) is 13.3 Å². The van der Waals surface area contributed by atoms with E-state index in [0.29, 0.717) is 23.6 Å². The van der Waals surface area contributed by atoms with Gasteiger partial charge in [0.15, 0.2) is 0 Å². The van der Waals surface area contributed by atoms with Gasteiger partial charge in [0, 0.05) is 13.1 Å². The maximum Gasteiger partial charge on any atom is 0.341 e. The number of β-amino-alcohol motifs (C(OH)–C–C–N with tert-alkyl or cyclic N) is 1. The van der Waals surface area contributed by atoms with Crippen LogP contribution in [0.4, 0.5) is 11.5 Å². The fraction of sp³-hybridized carbons (Fsp3) is 0.538. The first-order valence-corrected chi connectivity index (χ1v) is 6.24. The van der Waals surface area contributed by atoms with Crippen molar-refractivity contribution in [2.75, 3.05) is 30.8 Å². The van der Waals surface area contributed by atoms with E-state index in [9.17, 15) is 9.90 Å². The van der Waals surface area contributed by atoms with Crippen LogP contribution in [0.3, 0.4) is 0 Å². The molecular formula is C13H19N3O3. The molecular weight excluding hydrogens is 246 g/mol. The van der Waals surface area contributed by atoms with E-state index >= 15 is 0 Å². The first kappa shape index (κ1) is 13.6. The van der Waals surface area contributed by atoms with Gasteiger partial charge in [-0.25, -0.2) is 9.78 Å². The van der Waals surface area contributed by atoms with Gasteiger partial charge < -0.3 is 20.5 Å². The summed E-state index contributed by atoms with van der Waals surface area (Å²) in [5, 5.41) is 10.1. The van der Waals surface area contributed by atoms with Gasteiger partial charge in [0.05, 0.1) is 24.6 Å². The average Bonchev–Trinajstić information content (AvgIpc) is 2.36. The zero-order chi connectivity index (χ0) is 14.0. The van der Waals surface area contributed by atoms with Gasteiger partial charge in [-0.05, 0) is 25.8 Å². The lowest BCUT2D eigenvalue weighted by Gasteiger charge is -2.38. The summed E-state index contributed by atoms with van der Waals surface area (Å²) < 4.78 is 4.75. The number of pyridine rings is 1. The van der Waals surface area contributed by atoms with Crippen LogP contribution in [0.15, 0.2) is 12.3 Å². The summed E-state index contributed by atoms with van der Waals surface area (Å²) >= 11 is 0. The minimum Gasteiger partial charge on any atom is -0.465 e. The molecule has 1 aliphatic rings. The molecule has 2 rings (SSSR count). The molecule has 1 saturated heterocycles. The van der Waals surface area contributed by atoms with E-state index in [1.807, 2.05) is 4.90 Å². The number of hydrogen-bond acceptors (Lipinski definition) is 6. The molecule has 0 radical (unpaired) electrons. The highest BCUT2D eigenvalue weighted by atomic mass is 16.5. The number of piperidine rings is 1. The van der Waals surface area contributed by atoms with E-state index in [1.54, 1.807) is 13.0 Å². The molecule has 104 valence electrons. The number of rotatable bonds is 2. The van der Waals surface area contributed by atoms with Crippen LogP contribution in [-0.2, 0) is 4.74 Å². The molecule has 1 aliphatic heterocycles. The molecule has 1 aromatic heterocycles. The monoisotopic (exact) mass is 265 g/mol. The number of aromatic nitrogens is 1. The van der Waals surface area contributed by atoms with Crippen molar-refractivity contribution in [1.82, 2.24) is 4.98 Å². The van der Waals surface area contributed by atoms with Crippen molar-refractivity contribution in [3.05, 3.63) is 17.8 Å². The van der Waals surface area contributed by atoms with Crippen molar-refractivity contribution in [2.24, 2.45) is 0 Å². The molecule has 19 heavy (non-hydrogen) atoms. The van der Waals surface area contributed by atoms with Crippen molar-refractivity contribution in [3.63, 3.8) is 0 Å². The van der Waals surface area contributed by atoms with E-state index < -0.39 is 11.6 Å². The van der Waals surface area contributed by atoms with Gasteiger partial charge in [0.25, 0.3) is 0 Å². The number of nitrogens with zero attached hydrogens (tertiary/aromatic N) is 2. The number of hydrogen-bond donors (Lipinski definition) is 2. The maximum absolute atomic E-state index is 11.8. The molecule has 6 nitrogen and oxygen atoms in total. The zero-order valence-corrected chi connectivity index (χ0v) is 11.2. The van der Waals surface area contributed by atoms with Crippen LogP contribution in [0.1, 0.15) is 30.1 Å². The Morgan fingerprint density at radius 1 is 1.63 bits per heavy atom. The summed E-state index contributed by atoms with van der Waals surface area (Å²) in [4.78, 5) is 17.9. The zero-order valence-electron chi connectivity index (χ0n) is 11.2. The number of nitrogens with two attached hydrogens (primary N) is 1. The summed E-state index contributed by atoms with van der Waals surface area (Å²) in [5.41, 5.74) is 5.64. The van der Waals surface area contributed by atoms with Crippen LogP contribution in [0.5, 0.6) is 0 Å². The number of ether oxygens (including phenoxy) is 1. The molecule has 0 saturated carbocycles. The van der Waals surface area contributed by atoms with E-state index in [-0.39, 0.29) is 0 Å². The first-order chi connectivity index (χ1) is 8.93. The molecule has 1 fully saturated rings. The summed E-state index contributed by atoms with van der Waals surface area (Å²) in [7, 11) is 1.32. The molecule has 0 amide bonds. The first-order valence-electron chi connectivity index (χ1n) is 6.24. The second-order valence-electron chi connectivity index (χ2n) is 5.15. The maximum atomic E-state index is 11.8. The molecule has 1 unspecified atom stereocenters. The fourth-order valence-corrected chi connectivity index (χ4v) is 2.39. The lowest BCUT2D eigenvalue weighted by Crippen LogP contribution is -2.47. The minimum absolute atomic E-state index is 0.334. The van der Waals surface area contributed by atoms with Crippen LogP contribution in [-0.4, -0.2) is 41.9 Å². The molecule has 0 aliphatic carbocycles.